The topological polar surface area (TPSA) is 66.7 Å². The van der Waals surface area contributed by atoms with Crippen molar-refractivity contribution >= 4 is 12.2 Å². The Labute approximate surface area is 140 Å². The van der Waals surface area contributed by atoms with Crippen LogP contribution in [0.2, 0.25) is 0 Å². The quantitative estimate of drug-likeness (QED) is 0.209. The number of carbonyl (C=O) groups is 1. The molecule has 0 atom stereocenters. The summed E-state index contributed by atoms with van der Waals surface area (Å²) in [7, 11) is 0. The molecule has 0 saturated carbocycles. The number of ether oxygens (including phenoxy) is 1. The van der Waals surface area contributed by atoms with Crippen LogP contribution >= 0.6 is 0 Å². The van der Waals surface area contributed by atoms with E-state index in [1.165, 1.54) is 6.21 Å². The largest absolute Gasteiger partial charge is 0.462 e. The van der Waals surface area contributed by atoms with Crippen LogP contribution in [0.15, 0.2) is 66.4 Å². The third-order valence-corrected chi connectivity index (χ3v) is 3.33. The van der Waals surface area contributed by atoms with Crippen LogP contribution in [0.4, 0.5) is 0 Å². The second-order valence-electron chi connectivity index (χ2n) is 5.05. The van der Waals surface area contributed by atoms with E-state index in [0.717, 1.165) is 18.7 Å². The highest BCUT2D eigenvalue weighted by atomic mass is 16.5. The fourth-order valence-electron chi connectivity index (χ4n) is 2.07. The Morgan fingerprint density at radius 3 is 2.12 bits per heavy atom. The Morgan fingerprint density at radius 2 is 1.62 bits per heavy atom. The minimum Gasteiger partial charge on any atom is -0.462 e. The Kier molecular flexibility index (Phi) is 6.64. The Balaban J connectivity index is 1.84. The maximum absolute atomic E-state index is 11.6. The Bertz CT molecular complexity index is 707. The van der Waals surface area contributed by atoms with Crippen LogP contribution in [0.3, 0.4) is 0 Å². The second kappa shape index (κ2) is 9.19. The number of hydrogen-bond donors (Lipinski definition) is 1. The van der Waals surface area contributed by atoms with E-state index in [2.05, 4.69) is 17.3 Å². The number of allylic oxidation sites excluding steroid dienone is 2. The molecule has 0 aromatic carbocycles. The molecule has 2 aromatic rings. The molecule has 0 aliphatic rings. The van der Waals surface area contributed by atoms with Crippen LogP contribution in [0, 0.1) is 0 Å². The van der Waals surface area contributed by atoms with Crippen molar-refractivity contribution in [2.24, 2.45) is 5.16 Å². The van der Waals surface area contributed by atoms with Crippen LogP contribution in [0.25, 0.3) is 0 Å². The fraction of sp³-hybridized carbons (Fsp3) is 0.222. The first-order valence-electron chi connectivity index (χ1n) is 7.70. The van der Waals surface area contributed by atoms with Crippen molar-refractivity contribution in [3.8, 4) is 0 Å². The highest BCUT2D eigenvalue weighted by Crippen LogP contribution is 1.98. The first-order valence-corrected chi connectivity index (χ1v) is 7.70. The van der Waals surface area contributed by atoms with Gasteiger partial charge in [0.25, 0.3) is 0 Å². The number of rotatable bonds is 7. The molecule has 24 heavy (non-hydrogen) atoms. The smallest absolute Gasteiger partial charge is 0.338 e. The second-order valence-corrected chi connectivity index (χ2v) is 5.05. The monoisotopic (exact) mass is 327 g/mol. The van der Waals surface area contributed by atoms with Gasteiger partial charge < -0.3 is 9.94 Å². The molecule has 2 heterocycles. The molecule has 0 unspecified atom stereocenters. The van der Waals surface area contributed by atoms with Crippen molar-refractivity contribution in [2.75, 3.05) is 6.61 Å². The first-order chi connectivity index (χ1) is 11.7. The van der Waals surface area contributed by atoms with Crippen molar-refractivity contribution in [3.63, 3.8) is 0 Å². The molecule has 1 N–H and O–H groups in total. The first kappa shape index (κ1) is 17.3. The van der Waals surface area contributed by atoms with Gasteiger partial charge in [-0.15, -0.1) is 0 Å². The van der Waals surface area contributed by atoms with Gasteiger partial charge in [-0.25, -0.2) is 13.9 Å². The van der Waals surface area contributed by atoms with E-state index in [4.69, 9.17) is 9.94 Å². The van der Waals surface area contributed by atoms with Gasteiger partial charge in [-0.2, -0.15) is 0 Å². The molecule has 2 rings (SSSR count). The Morgan fingerprint density at radius 1 is 1.08 bits per heavy atom. The number of oxime groups is 1. The molecule has 0 radical (unpaired) electrons. The van der Waals surface area contributed by atoms with Gasteiger partial charge >= 0.3 is 5.97 Å². The number of pyridine rings is 2. The van der Waals surface area contributed by atoms with Crippen LogP contribution < -0.4 is 9.13 Å². The normalized spacial score (nSPS) is 11.2. The average molecular weight is 327 g/mol. The summed E-state index contributed by atoms with van der Waals surface area (Å²) in [5, 5.41) is 11.5. The molecule has 0 amide bonds. The highest BCUT2D eigenvalue weighted by Gasteiger charge is 2.07. The van der Waals surface area contributed by atoms with Gasteiger partial charge in [0.2, 0.25) is 0 Å². The van der Waals surface area contributed by atoms with E-state index in [-0.39, 0.29) is 5.97 Å². The van der Waals surface area contributed by atoms with Gasteiger partial charge in [-0.3, -0.25) is 0 Å². The van der Waals surface area contributed by atoms with Crippen molar-refractivity contribution in [2.45, 2.75) is 20.0 Å². The molecule has 2 aromatic heterocycles. The minimum atomic E-state index is -0.300. The van der Waals surface area contributed by atoms with Gasteiger partial charge in [0.05, 0.1) is 18.4 Å². The van der Waals surface area contributed by atoms with Crippen molar-refractivity contribution in [1.29, 1.82) is 0 Å². The van der Waals surface area contributed by atoms with E-state index in [0.29, 0.717) is 12.2 Å². The van der Waals surface area contributed by atoms with E-state index in [1.807, 2.05) is 46.1 Å². The molecule has 0 spiro atoms. The number of carbonyl (C=O) groups excluding carboxylic acids is 1. The molecule has 0 fully saturated rings. The van der Waals surface area contributed by atoms with E-state index in [9.17, 15) is 4.79 Å². The predicted molar refractivity (Wildman–Crippen MR) is 87.8 cm³/mol. The molecule has 6 heteroatoms. The zero-order valence-corrected chi connectivity index (χ0v) is 13.6. The molecule has 124 valence electrons. The molecule has 6 nitrogen and oxygen atoms in total. The highest BCUT2D eigenvalue weighted by molar-refractivity contribution is 5.88. The molecular weight excluding hydrogens is 306 g/mol. The maximum Gasteiger partial charge on any atom is 0.338 e. The van der Waals surface area contributed by atoms with Gasteiger partial charge in [0.15, 0.2) is 37.9 Å². The van der Waals surface area contributed by atoms with Crippen LogP contribution in [-0.2, 0) is 17.8 Å². The third kappa shape index (κ3) is 5.31. The summed E-state index contributed by atoms with van der Waals surface area (Å²) < 4.78 is 8.94. The van der Waals surface area contributed by atoms with Gasteiger partial charge in [0.1, 0.15) is 0 Å². The summed E-state index contributed by atoms with van der Waals surface area (Å²) in [6.07, 6.45) is 13.0. The maximum atomic E-state index is 11.6. The third-order valence-electron chi connectivity index (χ3n) is 3.33. The summed E-state index contributed by atoms with van der Waals surface area (Å²) in [6, 6.07) is 7.25. The molecule has 0 bridgehead atoms. The summed E-state index contributed by atoms with van der Waals surface area (Å²) in [4.78, 5) is 11.6. The average Bonchev–Trinajstić information content (AvgIpc) is 2.61. The molecule has 0 saturated heterocycles. The predicted octanol–water partition coefficient (Wildman–Crippen LogP) is 1.50. The fourth-order valence-corrected chi connectivity index (χ4v) is 2.07. The van der Waals surface area contributed by atoms with Gasteiger partial charge in [0, 0.05) is 29.8 Å². The van der Waals surface area contributed by atoms with Crippen LogP contribution in [0.5, 0.6) is 0 Å². The zero-order chi connectivity index (χ0) is 17.2. The van der Waals surface area contributed by atoms with Crippen molar-refractivity contribution in [1.82, 2.24) is 0 Å². The molecular formula is C18H21N3O3+2. The van der Waals surface area contributed by atoms with E-state index >= 15 is 0 Å². The van der Waals surface area contributed by atoms with Crippen molar-refractivity contribution < 1.29 is 23.9 Å². The van der Waals surface area contributed by atoms with Crippen molar-refractivity contribution in [3.05, 3.63) is 72.3 Å². The zero-order valence-electron chi connectivity index (χ0n) is 13.6. The summed E-state index contributed by atoms with van der Waals surface area (Å²) in [5.41, 5.74) is 1.40. The summed E-state index contributed by atoms with van der Waals surface area (Å²) in [5.74, 6) is -0.300. The lowest BCUT2D eigenvalue weighted by atomic mass is 10.3. The van der Waals surface area contributed by atoms with Gasteiger partial charge in [-0.1, -0.05) is 5.16 Å². The SMILES string of the molecule is CCOC(=O)c1cc[n+](C/C=C/C[n+]2ccc(/C=N\O)cc2)cc1. The van der Waals surface area contributed by atoms with Crippen LogP contribution in [-0.4, -0.2) is 24.0 Å². The lowest BCUT2D eigenvalue weighted by Crippen LogP contribution is -2.33. The van der Waals surface area contributed by atoms with Crippen LogP contribution in [0.1, 0.15) is 22.8 Å². The molecule has 0 aliphatic heterocycles. The minimum absolute atomic E-state index is 0.300. The van der Waals surface area contributed by atoms with E-state index in [1.54, 1.807) is 19.1 Å². The lowest BCUT2D eigenvalue weighted by molar-refractivity contribution is -0.691. The lowest BCUT2D eigenvalue weighted by Gasteiger charge is -1.99. The van der Waals surface area contributed by atoms with E-state index < -0.39 is 0 Å². The molecule has 0 aliphatic carbocycles. The van der Waals surface area contributed by atoms with Gasteiger partial charge in [-0.05, 0) is 19.1 Å². The number of hydrogen-bond acceptors (Lipinski definition) is 4. The number of nitrogens with zero attached hydrogens (tertiary/aromatic N) is 3. The number of aromatic nitrogens is 2. The standard InChI is InChI=1S/C18H20N3O3/c1-2-24-18(22)17-7-13-21(14-8-17)10-4-3-9-20-11-5-16(6-12-20)15-19-23/h3-8,11-15H,2,9-10H2,1H3/q+1/p+1/b4-3+. The number of esters is 1. The Hall–Kier alpha value is -3.02. The summed E-state index contributed by atoms with van der Waals surface area (Å²) in [6.45, 7) is 3.64. The summed E-state index contributed by atoms with van der Waals surface area (Å²) >= 11 is 0.